The van der Waals surface area contributed by atoms with E-state index in [1.165, 1.54) is 0 Å². The van der Waals surface area contributed by atoms with Gasteiger partial charge in [-0.05, 0) is 12.2 Å². The molecular weight excluding hydrogens is 240 g/mol. The minimum absolute atomic E-state index is 0.409. The third-order valence-corrected chi connectivity index (χ3v) is 1.87. The summed E-state index contributed by atoms with van der Waals surface area (Å²) in [6.07, 6.45) is -7.56. The number of rotatable bonds is 5. The molecule has 8 N–H and O–H groups in total. The molecule has 0 rings (SSSR count). The van der Waals surface area contributed by atoms with Crippen LogP contribution in [0.5, 0.6) is 0 Å². The fourth-order valence-electron chi connectivity index (χ4n) is 0.873. The summed E-state index contributed by atoms with van der Waals surface area (Å²) in [6, 6.07) is 0. The molecular formula is C7H14N2O6S. The summed E-state index contributed by atoms with van der Waals surface area (Å²) in [7, 11) is 0. The number of carbonyl (C=O) groups is 1. The minimum Gasteiger partial charge on any atom is -0.394 e. The quantitative estimate of drug-likeness (QED) is 0.243. The summed E-state index contributed by atoms with van der Waals surface area (Å²) in [5.41, 5.74) is 4.95. The van der Waals surface area contributed by atoms with Crippen molar-refractivity contribution in [2.24, 2.45) is 5.73 Å². The Balaban J connectivity index is 4.42. The molecule has 0 saturated carbocycles. The smallest absolute Gasteiger partial charge is 0.257 e. The Morgan fingerprint density at radius 2 is 1.75 bits per heavy atom. The van der Waals surface area contributed by atoms with Gasteiger partial charge in [-0.15, -0.1) is 0 Å². The molecule has 1 amide bonds. The highest BCUT2D eigenvalue weighted by molar-refractivity contribution is 7.80. The Hall–Kier alpha value is -0.840. The van der Waals surface area contributed by atoms with Gasteiger partial charge >= 0.3 is 0 Å². The maximum atomic E-state index is 11.1. The molecule has 0 spiro atoms. The van der Waals surface area contributed by atoms with Crippen molar-refractivity contribution in [3.8, 4) is 0 Å². The maximum absolute atomic E-state index is 11.1. The summed E-state index contributed by atoms with van der Waals surface area (Å²) in [5.74, 6) is -1.12. The molecule has 0 aromatic heterocycles. The van der Waals surface area contributed by atoms with E-state index in [1.807, 2.05) is 5.32 Å². The number of amides is 1. The predicted molar refractivity (Wildman–Crippen MR) is 56.0 cm³/mol. The molecule has 0 unspecified atom stereocenters. The lowest BCUT2D eigenvalue weighted by Gasteiger charge is -2.24. The normalized spacial score (nSPS) is 18.3. The van der Waals surface area contributed by atoms with Crippen molar-refractivity contribution in [1.29, 1.82) is 0 Å². The second-order valence-corrected chi connectivity index (χ2v) is 3.47. The minimum atomic E-state index is -2.03. The molecule has 9 heteroatoms. The van der Waals surface area contributed by atoms with Crippen LogP contribution in [0.25, 0.3) is 0 Å². The van der Waals surface area contributed by atoms with Gasteiger partial charge < -0.3 is 36.6 Å². The molecule has 0 saturated heterocycles. The summed E-state index contributed by atoms with van der Waals surface area (Å²) in [5, 5.41) is 46.5. The second-order valence-electron chi connectivity index (χ2n) is 3.03. The molecule has 8 nitrogen and oxygen atoms in total. The number of thiocarbonyl (C=S) groups is 1. The van der Waals surface area contributed by atoms with Crippen molar-refractivity contribution in [3.63, 3.8) is 0 Å². The number of nitrogens with two attached hydrogens (primary N) is 1. The molecule has 0 aliphatic rings. The molecule has 0 radical (unpaired) electrons. The molecule has 0 fully saturated rings. The first-order valence-corrected chi connectivity index (χ1v) is 4.65. The fraction of sp³-hybridized carbons (Fsp3) is 0.714. The fourth-order valence-corrected chi connectivity index (χ4v) is 0.973. The van der Waals surface area contributed by atoms with Crippen molar-refractivity contribution in [3.05, 3.63) is 0 Å². The van der Waals surface area contributed by atoms with Gasteiger partial charge in [0.2, 0.25) is 0 Å². The van der Waals surface area contributed by atoms with Crippen LogP contribution in [0.1, 0.15) is 0 Å². The molecule has 0 aromatic rings. The average Bonchev–Trinajstić information content (AvgIpc) is 2.23. The van der Waals surface area contributed by atoms with Crippen LogP contribution in [0.15, 0.2) is 0 Å². The highest BCUT2D eigenvalue weighted by Gasteiger charge is 2.34. The van der Waals surface area contributed by atoms with Crippen LogP contribution in [0.4, 0.5) is 0 Å². The van der Waals surface area contributed by atoms with E-state index in [0.29, 0.717) is 0 Å². The number of carbonyl (C=O) groups excluding carboxylic acids is 1. The van der Waals surface area contributed by atoms with E-state index < -0.39 is 42.0 Å². The van der Waals surface area contributed by atoms with Gasteiger partial charge in [0.25, 0.3) is 5.91 Å². The van der Waals surface area contributed by atoms with Crippen LogP contribution in [0.3, 0.4) is 0 Å². The van der Waals surface area contributed by atoms with Gasteiger partial charge in [0.05, 0.1) is 6.61 Å². The van der Waals surface area contributed by atoms with Crippen LogP contribution in [-0.2, 0) is 4.79 Å². The van der Waals surface area contributed by atoms with Gasteiger partial charge in [0, 0.05) is 0 Å². The molecule has 16 heavy (non-hydrogen) atoms. The first-order valence-electron chi connectivity index (χ1n) is 4.24. The third kappa shape index (κ3) is 4.35. The van der Waals surface area contributed by atoms with E-state index in [4.69, 9.17) is 15.9 Å². The first-order chi connectivity index (χ1) is 7.31. The zero-order valence-electron chi connectivity index (χ0n) is 8.15. The van der Waals surface area contributed by atoms with Crippen LogP contribution >= 0.6 is 12.2 Å². The lowest BCUT2D eigenvalue weighted by Crippen LogP contribution is -2.53. The number of hydrogen-bond acceptors (Lipinski definition) is 7. The molecule has 0 aromatic carbocycles. The summed E-state index contributed by atoms with van der Waals surface area (Å²) >= 11 is 4.32. The van der Waals surface area contributed by atoms with E-state index in [-0.39, 0.29) is 0 Å². The lowest BCUT2D eigenvalue weighted by molar-refractivity contribution is -0.147. The van der Waals surface area contributed by atoms with Gasteiger partial charge in [-0.2, -0.15) is 0 Å². The van der Waals surface area contributed by atoms with Crippen molar-refractivity contribution >= 4 is 23.2 Å². The Morgan fingerprint density at radius 1 is 1.25 bits per heavy atom. The van der Waals surface area contributed by atoms with E-state index >= 15 is 0 Å². The molecule has 0 heterocycles. The SMILES string of the molecule is NC(=S)NC(=O)[C@H](O)[C@@H](O)[C@H](O)[C@H](O)CO. The van der Waals surface area contributed by atoms with Gasteiger partial charge in [0.1, 0.15) is 18.3 Å². The number of hydrogen-bond donors (Lipinski definition) is 7. The predicted octanol–water partition coefficient (Wildman–Crippen LogP) is -4.22. The summed E-state index contributed by atoms with van der Waals surface area (Å²) in [6.45, 7) is -0.831. The Morgan fingerprint density at radius 3 is 2.12 bits per heavy atom. The summed E-state index contributed by atoms with van der Waals surface area (Å²) < 4.78 is 0. The second kappa shape index (κ2) is 6.68. The first kappa shape index (κ1) is 15.2. The third-order valence-electron chi connectivity index (χ3n) is 1.77. The van der Waals surface area contributed by atoms with Crippen LogP contribution in [0.2, 0.25) is 0 Å². The maximum Gasteiger partial charge on any atom is 0.257 e. The highest BCUT2D eigenvalue weighted by atomic mass is 32.1. The van der Waals surface area contributed by atoms with Gasteiger partial charge in [-0.25, -0.2) is 0 Å². The van der Waals surface area contributed by atoms with Crippen molar-refractivity contribution in [2.45, 2.75) is 24.4 Å². The molecule has 4 atom stereocenters. The zero-order chi connectivity index (χ0) is 12.9. The van der Waals surface area contributed by atoms with Gasteiger partial charge in [-0.1, -0.05) is 0 Å². The molecule has 0 aliphatic heterocycles. The van der Waals surface area contributed by atoms with Crippen LogP contribution in [-0.4, -0.2) is 67.6 Å². The highest BCUT2D eigenvalue weighted by Crippen LogP contribution is 2.05. The van der Waals surface area contributed by atoms with Gasteiger partial charge in [-0.3, -0.25) is 4.79 Å². The molecule has 0 bridgehead atoms. The largest absolute Gasteiger partial charge is 0.394 e. The zero-order valence-corrected chi connectivity index (χ0v) is 8.96. The topological polar surface area (TPSA) is 156 Å². The average molecular weight is 254 g/mol. The van der Waals surface area contributed by atoms with E-state index in [9.17, 15) is 20.1 Å². The Kier molecular flexibility index (Phi) is 6.33. The van der Waals surface area contributed by atoms with E-state index in [2.05, 4.69) is 12.2 Å². The van der Waals surface area contributed by atoms with Crippen molar-refractivity contribution in [2.75, 3.05) is 6.61 Å². The number of aliphatic hydroxyl groups is 5. The number of nitrogens with one attached hydrogen (secondary N) is 1. The molecule has 94 valence electrons. The Bertz CT molecular complexity index is 263. The number of aliphatic hydroxyl groups excluding tert-OH is 5. The molecule has 0 aliphatic carbocycles. The monoisotopic (exact) mass is 254 g/mol. The van der Waals surface area contributed by atoms with E-state index in [0.717, 1.165) is 0 Å². The van der Waals surface area contributed by atoms with E-state index in [1.54, 1.807) is 0 Å². The van der Waals surface area contributed by atoms with Crippen molar-refractivity contribution in [1.82, 2.24) is 5.32 Å². The Labute approximate surface area is 96.3 Å². The van der Waals surface area contributed by atoms with Gasteiger partial charge in [0.15, 0.2) is 11.2 Å². The van der Waals surface area contributed by atoms with Crippen LogP contribution < -0.4 is 11.1 Å². The standard InChI is InChI=1S/C7H14N2O6S/c8-7(16)9-6(15)5(14)4(13)3(12)2(11)1-10/h2-5,10-14H,1H2,(H3,8,9,15,16)/t2-,3-,4+,5-/m1/s1. The summed E-state index contributed by atoms with van der Waals surface area (Å²) in [4.78, 5) is 11.1. The van der Waals surface area contributed by atoms with Crippen LogP contribution in [0, 0.1) is 0 Å². The lowest BCUT2D eigenvalue weighted by atomic mass is 10.0. The van der Waals surface area contributed by atoms with Crippen molar-refractivity contribution < 1.29 is 30.3 Å².